The first kappa shape index (κ1) is 15.1. The van der Waals surface area contributed by atoms with Gasteiger partial charge in [-0.25, -0.2) is 0 Å². The molecule has 0 spiro atoms. The summed E-state index contributed by atoms with van der Waals surface area (Å²) >= 11 is 12.3. The molecule has 5 heteroatoms. The predicted octanol–water partition coefficient (Wildman–Crippen LogP) is 3.34. The highest BCUT2D eigenvalue weighted by molar-refractivity contribution is 6.35. The van der Waals surface area contributed by atoms with Gasteiger partial charge in [-0.1, -0.05) is 29.3 Å². The normalized spacial score (nSPS) is 20.3. The van der Waals surface area contributed by atoms with Crippen LogP contribution in [0.5, 0.6) is 0 Å². The van der Waals surface area contributed by atoms with Crippen LogP contribution in [0, 0.1) is 0 Å². The Balaban J connectivity index is 0.00000144. The predicted molar refractivity (Wildman–Crippen MR) is 76.2 cm³/mol. The van der Waals surface area contributed by atoms with E-state index in [2.05, 4.69) is 4.90 Å². The van der Waals surface area contributed by atoms with Crippen LogP contribution in [-0.2, 0) is 6.54 Å². The Morgan fingerprint density at radius 2 is 1.94 bits per heavy atom. The number of nitrogens with two attached hydrogens (primary N) is 1. The Bertz CT molecular complexity index is 351. The molecule has 1 heterocycles. The highest BCUT2D eigenvalue weighted by atomic mass is 35.5. The summed E-state index contributed by atoms with van der Waals surface area (Å²) in [7, 11) is 0. The number of halogens is 3. The monoisotopic (exact) mass is 294 g/mol. The van der Waals surface area contributed by atoms with E-state index in [0.717, 1.165) is 28.7 Å². The van der Waals surface area contributed by atoms with Gasteiger partial charge in [0.1, 0.15) is 0 Å². The Hall–Kier alpha value is 0.01000. The Labute approximate surface area is 118 Å². The third kappa shape index (κ3) is 3.49. The van der Waals surface area contributed by atoms with Crippen LogP contribution >= 0.6 is 35.6 Å². The summed E-state index contributed by atoms with van der Waals surface area (Å²) in [6.07, 6.45) is 2.39. The van der Waals surface area contributed by atoms with Gasteiger partial charge in [-0.05, 0) is 31.5 Å². The van der Waals surface area contributed by atoms with Crippen LogP contribution in [0.3, 0.4) is 0 Å². The molecular weight excluding hydrogens is 279 g/mol. The minimum atomic E-state index is 0. The van der Waals surface area contributed by atoms with Crippen molar-refractivity contribution in [2.45, 2.75) is 25.4 Å². The number of hydrogen-bond donors (Lipinski definition) is 1. The van der Waals surface area contributed by atoms with Gasteiger partial charge in [0.2, 0.25) is 0 Å². The van der Waals surface area contributed by atoms with Crippen molar-refractivity contribution in [1.82, 2.24) is 4.90 Å². The summed E-state index contributed by atoms with van der Waals surface area (Å²) in [4.78, 5) is 2.37. The van der Waals surface area contributed by atoms with Gasteiger partial charge in [0.05, 0.1) is 0 Å². The third-order valence-corrected chi connectivity index (χ3v) is 3.90. The molecule has 1 aliphatic heterocycles. The van der Waals surface area contributed by atoms with Crippen LogP contribution in [0.4, 0.5) is 0 Å². The lowest BCUT2D eigenvalue weighted by molar-refractivity contribution is 0.250. The molecule has 0 radical (unpaired) electrons. The van der Waals surface area contributed by atoms with E-state index in [0.29, 0.717) is 12.6 Å². The zero-order chi connectivity index (χ0) is 11.5. The summed E-state index contributed by atoms with van der Waals surface area (Å²) in [5.41, 5.74) is 6.77. The molecule has 2 nitrogen and oxygen atoms in total. The van der Waals surface area contributed by atoms with Gasteiger partial charge in [0.25, 0.3) is 0 Å². The number of nitrogens with zero attached hydrogens (tertiary/aromatic N) is 1. The molecule has 1 aromatic rings. The molecule has 1 saturated heterocycles. The second-order valence-electron chi connectivity index (χ2n) is 4.20. The molecule has 0 bridgehead atoms. The molecule has 1 fully saturated rings. The van der Waals surface area contributed by atoms with Crippen LogP contribution < -0.4 is 5.73 Å². The second kappa shape index (κ2) is 6.81. The van der Waals surface area contributed by atoms with E-state index < -0.39 is 0 Å². The van der Waals surface area contributed by atoms with Gasteiger partial charge >= 0.3 is 0 Å². The van der Waals surface area contributed by atoms with Gasteiger partial charge in [0.15, 0.2) is 0 Å². The molecule has 2 rings (SSSR count). The molecule has 1 aromatic carbocycles. The zero-order valence-corrected chi connectivity index (χ0v) is 11.9. The fourth-order valence-corrected chi connectivity index (χ4v) is 2.77. The average molecular weight is 296 g/mol. The summed E-state index contributed by atoms with van der Waals surface area (Å²) in [6, 6.07) is 6.12. The van der Waals surface area contributed by atoms with Crippen molar-refractivity contribution in [3.8, 4) is 0 Å². The van der Waals surface area contributed by atoms with Crippen LogP contribution in [0.15, 0.2) is 18.2 Å². The first-order valence-corrected chi connectivity index (χ1v) is 6.35. The van der Waals surface area contributed by atoms with Crippen LogP contribution in [0.25, 0.3) is 0 Å². The topological polar surface area (TPSA) is 29.3 Å². The minimum Gasteiger partial charge on any atom is -0.329 e. The van der Waals surface area contributed by atoms with E-state index in [-0.39, 0.29) is 12.4 Å². The molecule has 96 valence electrons. The molecule has 0 aromatic heterocycles. The van der Waals surface area contributed by atoms with Crippen molar-refractivity contribution in [1.29, 1.82) is 0 Å². The molecule has 0 amide bonds. The van der Waals surface area contributed by atoms with Crippen molar-refractivity contribution < 1.29 is 0 Å². The summed E-state index contributed by atoms with van der Waals surface area (Å²) in [6.45, 7) is 2.60. The second-order valence-corrected chi connectivity index (χ2v) is 5.02. The van der Waals surface area contributed by atoms with E-state index >= 15 is 0 Å². The maximum atomic E-state index is 6.16. The lowest BCUT2D eigenvalue weighted by Crippen LogP contribution is -2.34. The maximum absolute atomic E-state index is 6.16. The standard InChI is InChI=1S/C12H16Cl2N2.ClH/c13-11-4-1-5-12(14)10(11)8-16-6-2-3-9(16)7-15;/h1,4-5,9H,2-3,6-8,15H2;1H. The SMILES string of the molecule is Cl.NCC1CCCN1Cc1c(Cl)cccc1Cl. The Morgan fingerprint density at radius 3 is 2.53 bits per heavy atom. The number of benzene rings is 1. The molecule has 1 aliphatic rings. The number of rotatable bonds is 3. The van der Waals surface area contributed by atoms with Crippen LogP contribution in [0.2, 0.25) is 10.0 Å². The lowest BCUT2D eigenvalue weighted by Gasteiger charge is -2.24. The van der Waals surface area contributed by atoms with Gasteiger partial charge in [-0.2, -0.15) is 0 Å². The van der Waals surface area contributed by atoms with Gasteiger partial charge in [-0.15, -0.1) is 12.4 Å². The largest absolute Gasteiger partial charge is 0.329 e. The highest BCUT2D eigenvalue weighted by Crippen LogP contribution is 2.28. The van der Waals surface area contributed by atoms with E-state index in [1.807, 2.05) is 18.2 Å². The molecule has 1 atom stereocenters. The fourth-order valence-electron chi connectivity index (χ4n) is 2.26. The molecule has 17 heavy (non-hydrogen) atoms. The van der Waals surface area contributed by atoms with E-state index in [1.54, 1.807) is 0 Å². The maximum Gasteiger partial charge on any atom is 0.0465 e. The highest BCUT2D eigenvalue weighted by Gasteiger charge is 2.24. The van der Waals surface area contributed by atoms with Crippen molar-refractivity contribution in [3.63, 3.8) is 0 Å². The number of likely N-dealkylation sites (tertiary alicyclic amines) is 1. The third-order valence-electron chi connectivity index (χ3n) is 3.19. The Morgan fingerprint density at radius 1 is 1.29 bits per heavy atom. The summed E-state index contributed by atoms with van der Waals surface area (Å²) < 4.78 is 0. The van der Waals surface area contributed by atoms with Crippen LogP contribution in [0.1, 0.15) is 18.4 Å². The van der Waals surface area contributed by atoms with Gasteiger partial charge in [0, 0.05) is 34.7 Å². The minimum absolute atomic E-state index is 0. The fraction of sp³-hybridized carbons (Fsp3) is 0.500. The molecule has 1 unspecified atom stereocenters. The van der Waals surface area contributed by atoms with Gasteiger partial charge < -0.3 is 5.73 Å². The smallest absolute Gasteiger partial charge is 0.0465 e. The van der Waals surface area contributed by atoms with E-state index in [4.69, 9.17) is 28.9 Å². The quantitative estimate of drug-likeness (QED) is 0.927. The lowest BCUT2D eigenvalue weighted by atomic mass is 10.2. The van der Waals surface area contributed by atoms with Gasteiger partial charge in [-0.3, -0.25) is 4.90 Å². The molecule has 2 N–H and O–H groups in total. The van der Waals surface area contributed by atoms with Crippen LogP contribution in [-0.4, -0.2) is 24.0 Å². The molecule has 0 aliphatic carbocycles. The van der Waals surface area contributed by atoms with E-state index in [1.165, 1.54) is 12.8 Å². The molecular formula is C12H17Cl3N2. The van der Waals surface area contributed by atoms with Crippen molar-refractivity contribution in [2.75, 3.05) is 13.1 Å². The summed E-state index contributed by atoms with van der Waals surface area (Å²) in [5.74, 6) is 0. The van der Waals surface area contributed by atoms with Crippen molar-refractivity contribution in [3.05, 3.63) is 33.8 Å². The van der Waals surface area contributed by atoms with Crippen molar-refractivity contribution in [2.24, 2.45) is 5.73 Å². The first-order chi connectivity index (χ1) is 7.72. The van der Waals surface area contributed by atoms with E-state index in [9.17, 15) is 0 Å². The zero-order valence-electron chi connectivity index (χ0n) is 9.53. The average Bonchev–Trinajstić information content (AvgIpc) is 2.71. The first-order valence-electron chi connectivity index (χ1n) is 5.59. The Kier molecular flexibility index (Phi) is 6.04. The van der Waals surface area contributed by atoms with Crippen molar-refractivity contribution >= 4 is 35.6 Å². The summed E-state index contributed by atoms with van der Waals surface area (Å²) in [5, 5.41) is 1.49. The molecule has 0 saturated carbocycles. The number of hydrogen-bond acceptors (Lipinski definition) is 2.